The van der Waals surface area contributed by atoms with Gasteiger partial charge in [-0.1, -0.05) is 6.07 Å². The maximum atomic E-state index is 13.2. The van der Waals surface area contributed by atoms with Gasteiger partial charge in [0.25, 0.3) is 10.0 Å². The number of nitrogens with zero attached hydrogens (tertiary/aromatic N) is 1. The van der Waals surface area contributed by atoms with E-state index in [4.69, 9.17) is 9.47 Å². The molecule has 0 bridgehead atoms. The highest BCUT2D eigenvalue weighted by Crippen LogP contribution is 2.33. The van der Waals surface area contributed by atoms with Gasteiger partial charge in [-0.25, -0.2) is 12.8 Å². The normalized spacial score (nSPS) is 11.1. The zero-order valence-corrected chi connectivity index (χ0v) is 15.5. The number of aryl methyl sites for hydroxylation is 1. The molecule has 0 aliphatic heterocycles. The number of hydrogen-bond acceptors (Lipinski definition) is 5. The van der Waals surface area contributed by atoms with Crippen molar-refractivity contribution in [3.8, 4) is 5.75 Å². The first-order valence-electron chi connectivity index (χ1n) is 7.88. The highest BCUT2D eigenvalue weighted by Gasteiger charge is 2.30. The number of anilines is 1. The number of ether oxygens (including phenoxy) is 2. The number of rotatable bonds is 7. The van der Waals surface area contributed by atoms with Gasteiger partial charge in [-0.05, 0) is 55.8 Å². The van der Waals surface area contributed by atoms with Crippen LogP contribution in [-0.4, -0.2) is 34.6 Å². The smallest absolute Gasteiger partial charge is 0.326 e. The van der Waals surface area contributed by atoms with Gasteiger partial charge in [0.2, 0.25) is 0 Å². The zero-order chi connectivity index (χ0) is 19.3. The molecule has 0 unspecified atom stereocenters. The van der Waals surface area contributed by atoms with E-state index in [0.717, 1.165) is 34.1 Å². The van der Waals surface area contributed by atoms with Gasteiger partial charge in [0.1, 0.15) is 18.1 Å². The van der Waals surface area contributed by atoms with Crippen molar-refractivity contribution in [2.75, 3.05) is 24.6 Å². The summed E-state index contributed by atoms with van der Waals surface area (Å²) >= 11 is 0. The fourth-order valence-corrected chi connectivity index (χ4v) is 3.76. The first kappa shape index (κ1) is 19.7. The van der Waals surface area contributed by atoms with E-state index in [0.29, 0.717) is 0 Å². The Bertz CT molecular complexity index is 881. The summed E-state index contributed by atoms with van der Waals surface area (Å²) in [5.74, 6) is -0.985. The molecule has 140 valence electrons. The standard InChI is InChI=1S/C18H20FNO5S/c1-4-25-18(21)12-20(16-11-13(2)5-10-17(16)24-3)26(22,23)15-8-6-14(19)7-9-15/h5-11H,4,12H2,1-3H3. The summed E-state index contributed by atoms with van der Waals surface area (Å²) < 4.78 is 50.4. The Hall–Kier alpha value is -2.61. The van der Waals surface area contributed by atoms with Crippen molar-refractivity contribution in [1.82, 2.24) is 0 Å². The van der Waals surface area contributed by atoms with Crippen LogP contribution in [0.15, 0.2) is 47.4 Å². The highest BCUT2D eigenvalue weighted by molar-refractivity contribution is 7.92. The second-order valence-electron chi connectivity index (χ2n) is 5.45. The molecule has 0 heterocycles. The molecular weight excluding hydrogens is 361 g/mol. The van der Waals surface area contributed by atoms with Gasteiger partial charge in [0, 0.05) is 0 Å². The van der Waals surface area contributed by atoms with Gasteiger partial charge in [0.05, 0.1) is 24.3 Å². The first-order chi connectivity index (χ1) is 12.3. The number of carbonyl (C=O) groups excluding carboxylic acids is 1. The zero-order valence-electron chi connectivity index (χ0n) is 14.7. The number of carbonyl (C=O) groups is 1. The Morgan fingerprint density at radius 3 is 2.38 bits per heavy atom. The summed E-state index contributed by atoms with van der Waals surface area (Å²) in [5, 5.41) is 0. The van der Waals surface area contributed by atoms with E-state index in [9.17, 15) is 17.6 Å². The molecule has 0 amide bonds. The molecule has 0 radical (unpaired) electrons. The molecule has 2 rings (SSSR count). The van der Waals surface area contributed by atoms with Crippen molar-refractivity contribution in [3.05, 3.63) is 53.8 Å². The molecule has 8 heteroatoms. The van der Waals surface area contributed by atoms with Crippen LogP contribution in [0.3, 0.4) is 0 Å². The van der Waals surface area contributed by atoms with E-state index in [1.165, 1.54) is 7.11 Å². The van der Waals surface area contributed by atoms with Crippen molar-refractivity contribution < 1.29 is 27.1 Å². The molecule has 0 spiro atoms. The topological polar surface area (TPSA) is 72.9 Å². The summed E-state index contributed by atoms with van der Waals surface area (Å²) in [7, 11) is -2.74. The average Bonchev–Trinajstić information content (AvgIpc) is 2.60. The molecular formula is C18H20FNO5S. The van der Waals surface area contributed by atoms with E-state index in [1.807, 2.05) is 0 Å². The van der Waals surface area contributed by atoms with Gasteiger partial charge in [-0.3, -0.25) is 9.10 Å². The van der Waals surface area contributed by atoms with E-state index >= 15 is 0 Å². The third kappa shape index (κ3) is 4.32. The molecule has 26 heavy (non-hydrogen) atoms. The molecule has 0 aliphatic rings. The van der Waals surface area contributed by atoms with Crippen LogP contribution in [0.4, 0.5) is 10.1 Å². The predicted molar refractivity (Wildman–Crippen MR) is 95.3 cm³/mol. The Balaban J connectivity index is 2.59. The van der Waals surface area contributed by atoms with E-state index in [1.54, 1.807) is 32.0 Å². The molecule has 0 saturated heterocycles. The number of benzene rings is 2. The number of sulfonamides is 1. The summed E-state index contributed by atoms with van der Waals surface area (Å²) in [5.41, 5.74) is 0.980. The van der Waals surface area contributed by atoms with Crippen molar-refractivity contribution in [2.45, 2.75) is 18.7 Å². The van der Waals surface area contributed by atoms with Crippen LogP contribution in [0.5, 0.6) is 5.75 Å². The SMILES string of the molecule is CCOC(=O)CN(c1cc(C)ccc1OC)S(=O)(=O)c1ccc(F)cc1. The summed E-state index contributed by atoms with van der Waals surface area (Å²) in [6, 6.07) is 9.35. The fourth-order valence-electron chi connectivity index (χ4n) is 2.35. The third-order valence-electron chi connectivity index (χ3n) is 3.58. The average molecular weight is 381 g/mol. The highest BCUT2D eigenvalue weighted by atomic mass is 32.2. The van der Waals surface area contributed by atoms with Crippen molar-refractivity contribution in [1.29, 1.82) is 0 Å². The van der Waals surface area contributed by atoms with Gasteiger partial charge in [-0.15, -0.1) is 0 Å². The fraction of sp³-hybridized carbons (Fsp3) is 0.278. The van der Waals surface area contributed by atoms with Gasteiger partial charge < -0.3 is 9.47 Å². The van der Waals surface area contributed by atoms with Crippen LogP contribution < -0.4 is 9.04 Å². The minimum Gasteiger partial charge on any atom is -0.495 e. The lowest BCUT2D eigenvalue weighted by Crippen LogP contribution is -2.37. The molecule has 0 aliphatic carbocycles. The molecule has 0 saturated carbocycles. The summed E-state index contributed by atoms with van der Waals surface area (Å²) in [6.45, 7) is 3.00. The lowest BCUT2D eigenvalue weighted by molar-refractivity contribution is -0.141. The minimum absolute atomic E-state index is 0.119. The maximum absolute atomic E-state index is 13.2. The monoisotopic (exact) mass is 381 g/mol. The Labute approximate surface area is 152 Å². The number of hydrogen-bond donors (Lipinski definition) is 0. The van der Waals surface area contributed by atoms with Crippen LogP contribution >= 0.6 is 0 Å². The molecule has 2 aromatic carbocycles. The first-order valence-corrected chi connectivity index (χ1v) is 9.32. The van der Waals surface area contributed by atoms with Crippen LogP contribution in [0.2, 0.25) is 0 Å². The van der Waals surface area contributed by atoms with Crippen molar-refractivity contribution in [3.63, 3.8) is 0 Å². The van der Waals surface area contributed by atoms with Gasteiger partial charge in [-0.2, -0.15) is 0 Å². The Morgan fingerprint density at radius 1 is 1.15 bits per heavy atom. The largest absolute Gasteiger partial charge is 0.495 e. The van der Waals surface area contributed by atoms with Gasteiger partial charge >= 0.3 is 5.97 Å². The minimum atomic E-state index is -4.15. The summed E-state index contributed by atoms with van der Waals surface area (Å²) in [4.78, 5) is 11.9. The van der Waals surface area contributed by atoms with Crippen LogP contribution in [0, 0.1) is 12.7 Å². The van der Waals surface area contributed by atoms with Crippen LogP contribution in [-0.2, 0) is 19.6 Å². The quantitative estimate of drug-likeness (QED) is 0.690. The summed E-state index contributed by atoms with van der Waals surface area (Å²) in [6.07, 6.45) is 0. The van der Waals surface area contributed by atoms with E-state index in [2.05, 4.69) is 0 Å². The van der Waals surface area contributed by atoms with Crippen LogP contribution in [0.1, 0.15) is 12.5 Å². The maximum Gasteiger partial charge on any atom is 0.326 e. The Morgan fingerprint density at radius 2 is 1.81 bits per heavy atom. The molecule has 6 nitrogen and oxygen atoms in total. The lowest BCUT2D eigenvalue weighted by Gasteiger charge is -2.25. The molecule has 0 N–H and O–H groups in total. The third-order valence-corrected chi connectivity index (χ3v) is 5.36. The molecule has 0 atom stereocenters. The number of esters is 1. The lowest BCUT2D eigenvalue weighted by atomic mass is 10.2. The van der Waals surface area contributed by atoms with Crippen molar-refractivity contribution in [2.24, 2.45) is 0 Å². The van der Waals surface area contributed by atoms with E-state index in [-0.39, 0.29) is 22.9 Å². The molecule has 2 aromatic rings. The van der Waals surface area contributed by atoms with E-state index < -0.39 is 28.4 Å². The second kappa shape index (κ2) is 8.18. The van der Waals surface area contributed by atoms with Gasteiger partial charge in [0.15, 0.2) is 0 Å². The van der Waals surface area contributed by atoms with Crippen molar-refractivity contribution >= 4 is 21.7 Å². The Kier molecular flexibility index (Phi) is 6.20. The number of methoxy groups -OCH3 is 1. The molecule has 0 aromatic heterocycles. The second-order valence-corrected chi connectivity index (χ2v) is 7.31. The molecule has 0 fully saturated rings. The predicted octanol–water partition coefficient (Wildman–Crippen LogP) is 2.90. The van der Waals surface area contributed by atoms with Crippen LogP contribution in [0.25, 0.3) is 0 Å². The number of halogens is 1.